The number of imidazole rings is 1. The van der Waals surface area contributed by atoms with Crippen molar-refractivity contribution in [2.45, 2.75) is 33.2 Å². The van der Waals surface area contributed by atoms with E-state index in [0.29, 0.717) is 35.0 Å². The van der Waals surface area contributed by atoms with Gasteiger partial charge in [0.05, 0.1) is 5.39 Å². The van der Waals surface area contributed by atoms with E-state index in [-0.39, 0.29) is 17.1 Å². The fourth-order valence-corrected chi connectivity index (χ4v) is 3.89. The highest BCUT2D eigenvalue weighted by Gasteiger charge is 2.26. The maximum Gasteiger partial charge on any atom is 0.289 e. The molecule has 1 aromatic carbocycles. The summed E-state index contributed by atoms with van der Waals surface area (Å²) < 4.78 is 7.88. The number of amides is 1. The van der Waals surface area contributed by atoms with Gasteiger partial charge in [-0.05, 0) is 44.2 Å². The maximum atomic E-state index is 12.9. The number of piperidine rings is 1. The van der Waals surface area contributed by atoms with Gasteiger partial charge in [0.15, 0.2) is 11.2 Å². The second-order valence-electron chi connectivity index (χ2n) is 7.43. The van der Waals surface area contributed by atoms with Gasteiger partial charge in [0, 0.05) is 49.2 Å². The normalized spacial score (nSPS) is 15.3. The Morgan fingerprint density at radius 3 is 2.68 bits per heavy atom. The second-order valence-corrected chi connectivity index (χ2v) is 7.84. The molecule has 146 valence electrons. The number of fused-ring (bicyclic) bond motifs is 1. The summed E-state index contributed by atoms with van der Waals surface area (Å²) in [4.78, 5) is 31.3. The number of benzene rings is 1. The second kappa shape index (κ2) is 7.43. The van der Waals surface area contributed by atoms with E-state index in [1.807, 2.05) is 26.2 Å². The molecule has 0 unspecified atom stereocenters. The van der Waals surface area contributed by atoms with Crippen LogP contribution in [0.1, 0.15) is 34.8 Å². The monoisotopic (exact) mass is 399 g/mol. The summed E-state index contributed by atoms with van der Waals surface area (Å²) in [7, 11) is 0. The number of aryl methyl sites for hydroxylation is 2. The van der Waals surface area contributed by atoms with Gasteiger partial charge in [-0.2, -0.15) is 0 Å². The Labute approximate surface area is 167 Å². The third kappa shape index (κ3) is 3.56. The highest BCUT2D eigenvalue weighted by molar-refractivity contribution is 6.32. The van der Waals surface area contributed by atoms with E-state index in [0.717, 1.165) is 30.8 Å². The van der Waals surface area contributed by atoms with Gasteiger partial charge in [-0.3, -0.25) is 9.59 Å². The first-order valence-electron chi connectivity index (χ1n) is 9.43. The quantitative estimate of drug-likeness (QED) is 0.671. The molecular weight excluding hydrogens is 378 g/mol. The Morgan fingerprint density at radius 2 is 2.00 bits per heavy atom. The van der Waals surface area contributed by atoms with Crippen molar-refractivity contribution in [3.63, 3.8) is 0 Å². The van der Waals surface area contributed by atoms with Gasteiger partial charge in [0.25, 0.3) is 5.91 Å². The van der Waals surface area contributed by atoms with Gasteiger partial charge >= 0.3 is 0 Å². The molecule has 0 spiro atoms. The lowest BCUT2D eigenvalue weighted by atomic mass is 9.96. The number of halogens is 1. The van der Waals surface area contributed by atoms with Crippen molar-refractivity contribution in [2.24, 2.45) is 5.92 Å². The molecule has 0 N–H and O–H groups in total. The average Bonchev–Trinajstić information content (AvgIpc) is 3.08. The van der Waals surface area contributed by atoms with Crippen molar-refractivity contribution in [1.82, 2.24) is 14.5 Å². The van der Waals surface area contributed by atoms with Crippen molar-refractivity contribution in [1.29, 1.82) is 0 Å². The van der Waals surface area contributed by atoms with Gasteiger partial charge in [-0.1, -0.05) is 11.6 Å². The van der Waals surface area contributed by atoms with Gasteiger partial charge in [0.1, 0.15) is 11.4 Å². The molecule has 1 fully saturated rings. The molecule has 6 nitrogen and oxygen atoms in total. The lowest BCUT2D eigenvalue weighted by Crippen LogP contribution is -2.39. The Hall–Kier alpha value is -2.60. The van der Waals surface area contributed by atoms with Crippen molar-refractivity contribution >= 4 is 28.5 Å². The van der Waals surface area contributed by atoms with Gasteiger partial charge in [-0.25, -0.2) is 4.98 Å². The largest absolute Gasteiger partial charge is 0.451 e. The highest BCUT2D eigenvalue weighted by atomic mass is 35.5. The van der Waals surface area contributed by atoms with Crippen LogP contribution in [0.3, 0.4) is 0 Å². The van der Waals surface area contributed by atoms with Crippen LogP contribution >= 0.6 is 11.6 Å². The topological polar surface area (TPSA) is 68.3 Å². The van der Waals surface area contributed by atoms with Crippen LogP contribution in [0.25, 0.3) is 11.0 Å². The predicted molar refractivity (Wildman–Crippen MR) is 108 cm³/mol. The van der Waals surface area contributed by atoms with Crippen molar-refractivity contribution in [3.8, 4) is 0 Å². The number of hydrogen-bond acceptors (Lipinski definition) is 4. The summed E-state index contributed by atoms with van der Waals surface area (Å²) in [5.74, 6) is 1.34. The van der Waals surface area contributed by atoms with Crippen molar-refractivity contribution in [2.75, 3.05) is 13.1 Å². The lowest BCUT2D eigenvalue weighted by Gasteiger charge is -2.32. The standard InChI is InChI=1S/C21H22ClN3O3/c1-13-9-16-18(26)11-20(28-19(16)10-17(13)22)21(27)24-6-3-15(4-7-24)12-25-8-5-23-14(25)2/h5,8-11,15H,3-4,6-7,12H2,1-2H3. The van der Waals surface area contributed by atoms with Crippen LogP contribution in [0.15, 0.2) is 39.8 Å². The number of rotatable bonds is 3. The Morgan fingerprint density at radius 1 is 1.25 bits per heavy atom. The van der Waals surface area contributed by atoms with E-state index in [2.05, 4.69) is 9.55 Å². The fraction of sp³-hybridized carbons (Fsp3) is 0.381. The molecule has 0 saturated carbocycles. The van der Waals surface area contributed by atoms with Crippen LogP contribution in [0.5, 0.6) is 0 Å². The van der Waals surface area contributed by atoms with Gasteiger partial charge < -0.3 is 13.9 Å². The smallest absolute Gasteiger partial charge is 0.289 e. The number of hydrogen-bond donors (Lipinski definition) is 0. The van der Waals surface area contributed by atoms with Crippen LogP contribution in [0, 0.1) is 19.8 Å². The Bertz CT molecular complexity index is 1090. The molecule has 4 rings (SSSR count). The zero-order chi connectivity index (χ0) is 19.8. The van der Waals surface area contributed by atoms with Crippen LogP contribution in [-0.4, -0.2) is 33.4 Å². The number of aromatic nitrogens is 2. The molecule has 0 bridgehead atoms. The van der Waals surface area contributed by atoms with E-state index < -0.39 is 0 Å². The number of carbonyl (C=O) groups excluding carboxylic acids is 1. The summed E-state index contributed by atoms with van der Waals surface area (Å²) in [6.07, 6.45) is 5.62. The van der Waals surface area contributed by atoms with Crippen LogP contribution < -0.4 is 5.43 Å². The highest BCUT2D eigenvalue weighted by Crippen LogP contribution is 2.24. The SMILES string of the molecule is Cc1cc2c(=O)cc(C(=O)N3CCC(Cn4ccnc4C)CC3)oc2cc1Cl. The minimum absolute atomic E-state index is 0.0707. The zero-order valence-electron chi connectivity index (χ0n) is 15.9. The Balaban J connectivity index is 1.49. The molecule has 1 amide bonds. The fourth-order valence-electron chi connectivity index (χ4n) is 3.74. The molecule has 0 aliphatic carbocycles. The predicted octanol–water partition coefficient (Wildman–Crippen LogP) is 3.81. The summed E-state index contributed by atoms with van der Waals surface area (Å²) >= 11 is 6.14. The van der Waals surface area contributed by atoms with Crippen LogP contribution in [0.4, 0.5) is 0 Å². The summed E-state index contributed by atoms with van der Waals surface area (Å²) in [5, 5.41) is 0.948. The molecular formula is C21H22ClN3O3. The molecule has 1 aliphatic rings. The van der Waals surface area contributed by atoms with E-state index in [1.165, 1.54) is 6.07 Å². The third-order valence-electron chi connectivity index (χ3n) is 5.50. The van der Waals surface area contributed by atoms with Gasteiger partial charge in [-0.15, -0.1) is 0 Å². The Kier molecular flexibility index (Phi) is 4.98. The van der Waals surface area contributed by atoms with E-state index in [1.54, 1.807) is 17.0 Å². The first-order chi connectivity index (χ1) is 13.4. The maximum absolute atomic E-state index is 12.9. The van der Waals surface area contributed by atoms with Crippen LogP contribution in [0.2, 0.25) is 5.02 Å². The summed E-state index contributed by atoms with van der Waals surface area (Å²) in [6, 6.07) is 4.59. The molecule has 1 saturated heterocycles. The summed E-state index contributed by atoms with van der Waals surface area (Å²) in [6.45, 7) is 6.03. The molecule has 3 aromatic rings. The number of nitrogens with zero attached hydrogens (tertiary/aromatic N) is 3. The molecule has 7 heteroatoms. The lowest BCUT2D eigenvalue weighted by molar-refractivity contribution is 0.0651. The van der Waals surface area contributed by atoms with Crippen molar-refractivity contribution < 1.29 is 9.21 Å². The zero-order valence-corrected chi connectivity index (χ0v) is 16.7. The molecule has 0 atom stereocenters. The molecule has 28 heavy (non-hydrogen) atoms. The molecule has 0 radical (unpaired) electrons. The minimum atomic E-state index is -0.243. The van der Waals surface area contributed by atoms with Gasteiger partial charge in [0.2, 0.25) is 0 Å². The molecule has 1 aliphatic heterocycles. The third-order valence-corrected chi connectivity index (χ3v) is 5.91. The minimum Gasteiger partial charge on any atom is -0.451 e. The molecule has 2 aromatic heterocycles. The average molecular weight is 400 g/mol. The van der Waals surface area contributed by atoms with E-state index in [4.69, 9.17) is 16.0 Å². The van der Waals surface area contributed by atoms with E-state index >= 15 is 0 Å². The first-order valence-corrected chi connectivity index (χ1v) is 9.81. The van der Waals surface area contributed by atoms with Crippen LogP contribution in [-0.2, 0) is 6.54 Å². The van der Waals surface area contributed by atoms with E-state index in [9.17, 15) is 9.59 Å². The number of likely N-dealkylation sites (tertiary alicyclic amines) is 1. The first kappa shape index (κ1) is 18.7. The summed E-state index contributed by atoms with van der Waals surface area (Å²) in [5.41, 5.74) is 0.919. The van der Waals surface area contributed by atoms with Crippen molar-refractivity contribution in [3.05, 3.63) is 63.0 Å². The molecule has 3 heterocycles. The number of carbonyl (C=O) groups is 1.